The molecule has 2 unspecified atom stereocenters. The molecule has 0 aliphatic rings. The summed E-state index contributed by atoms with van der Waals surface area (Å²) in [6.07, 6.45) is 59.7. The number of carbonyl (C=O) groups excluding carboxylic acids is 2. The average Bonchev–Trinajstić information content (AvgIpc) is 3.28. The number of esters is 2. The Morgan fingerprint density at radius 3 is 1.03 bits per heavy atom. The minimum absolute atomic E-state index is 0.0368. The van der Waals surface area contributed by atoms with Crippen LogP contribution in [0.2, 0.25) is 0 Å². The quantitative estimate of drug-likeness (QED) is 0.0451. The van der Waals surface area contributed by atoms with Crippen molar-refractivity contribution in [1.29, 1.82) is 0 Å². The second-order valence-corrected chi connectivity index (χ2v) is 19.7. The first-order valence-electron chi connectivity index (χ1n) is 28.8. The molecule has 0 bridgehead atoms. The van der Waals surface area contributed by atoms with E-state index in [1.165, 1.54) is 257 Å². The Kier molecular flexibility index (Phi) is 57.0. The van der Waals surface area contributed by atoms with Crippen LogP contribution in [0, 0.1) is 11.8 Å². The van der Waals surface area contributed by atoms with Crippen molar-refractivity contribution in [3.8, 4) is 0 Å². The summed E-state index contributed by atoms with van der Waals surface area (Å²) in [5.74, 6) is 0.830. The molecule has 372 valence electrons. The van der Waals surface area contributed by atoms with E-state index >= 15 is 0 Å². The Balaban J connectivity index is 0. The lowest BCUT2D eigenvalue weighted by molar-refractivity contribution is -0.149. The predicted octanol–water partition coefficient (Wildman–Crippen LogP) is 20.4. The normalized spacial score (nSPS) is 12.2. The van der Waals surface area contributed by atoms with Crippen LogP contribution in [0.1, 0.15) is 337 Å². The molecule has 0 N–H and O–H groups in total. The Morgan fingerprint density at radius 2 is 0.629 bits per heavy atom. The van der Waals surface area contributed by atoms with Crippen LogP contribution in [-0.4, -0.2) is 25.2 Å². The van der Waals surface area contributed by atoms with Gasteiger partial charge < -0.3 is 9.47 Å². The van der Waals surface area contributed by atoms with E-state index in [1.807, 2.05) is 0 Å². The summed E-state index contributed by atoms with van der Waals surface area (Å²) in [7, 11) is 0. The molecular weight excluding hydrogens is 761 g/mol. The molecule has 0 aromatic rings. The molecule has 2 atom stereocenters. The van der Waals surface area contributed by atoms with E-state index in [-0.39, 0.29) is 17.9 Å². The number of hydrogen-bond donors (Lipinski definition) is 0. The van der Waals surface area contributed by atoms with Crippen LogP contribution >= 0.6 is 0 Å². The van der Waals surface area contributed by atoms with Crippen molar-refractivity contribution in [3.63, 3.8) is 0 Å². The highest BCUT2D eigenvalue weighted by Gasteiger charge is 2.18. The van der Waals surface area contributed by atoms with Gasteiger partial charge in [0.1, 0.15) is 0 Å². The summed E-state index contributed by atoms with van der Waals surface area (Å²) in [6.45, 7) is 14.8. The zero-order valence-corrected chi connectivity index (χ0v) is 43.7. The van der Waals surface area contributed by atoms with Gasteiger partial charge >= 0.3 is 11.9 Å². The fourth-order valence-electron chi connectivity index (χ4n) is 8.90. The summed E-state index contributed by atoms with van der Waals surface area (Å²) in [6, 6.07) is 0. The summed E-state index contributed by atoms with van der Waals surface area (Å²) in [5.41, 5.74) is 0. The molecule has 0 amide bonds. The molecule has 62 heavy (non-hydrogen) atoms. The second-order valence-electron chi connectivity index (χ2n) is 19.7. The van der Waals surface area contributed by atoms with Gasteiger partial charge in [0.25, 0.3) is 0 Å². The van der Waals surface area contributed by atoms with E-state index in [2.05, 4.69) is 41.5 Å². The molecule has 0 rings (SSSR count). The monoisotopic (exact) mass is 877 g/mol. The Labute approximate surface area is 391 Å². The first-order chi connectivity index (χ1) is 30.5. The maximum atomic E-state index is 12.4. The molecule has 0 saturated heterocycles. The molecule has 0 spiro atoms. The van der Waals surface area contributed by atoms with Crippen LogP contribution in [-0.2, 0) is 19.1 Å². The van der Waals surface area contributed by atoms with E-state index in [9.17, 15) is 9.59 Å². The van der Waals surface area contributed by atoms with E-state index in [0.29, 0.717) is 25.6 Å². The predicted molar refractivity (Wildman–Crippen MR) is 275 cm³/mol. The van der Waals surface area contributed by atoms with Gasteiger partial charge in [0.05, 0.1) is 19.1 Å². The van der Waals surface area contributed by atoms with Crippen LogP contribution < -0.4 is 0 Å². The van der Waals surface area contributed by atoms with Crippen LogP contribution in [0.25, 0.3) is 0 Å². The molecule has 0 aliphatic heterocycles. The van der Waals surface area contributed by atoms with E-state index in [4.69, 9.17) is 9.47 Å². The smallest absolute Gasteiger partial charge is 0.308 e. The largest absolute Gasteiger partial charge is 0.465 e. The van der Waals surface area contributed by atoms with Gasteiger partial charge in [-0.25, -0.2) is 0 Å². The van der Waals surface area contributed by atoms with Crippen molar-refractivity contribution in [2.24, 2.45) is 11.8 Å². The van der Waals surface area contributed by atoms with Crippen LogP contribution in [0.15, 0.2) is 0 Å². The topological polar surface area (TPSA) is 52.6 Å². The lowest BCUT2D eigenvalue weighted by atomic mass is 9.96. The first-order valence-corrected chi connectivity index (χ1v) is 28.8. The third kappa shape index (κ3) is 51.6. The maximum absolute atomic E-state index is 12.4. The van der Waals surface area contributed by atoms with Gasteiger partial charge in [-0.2, -0.15) is 0 Å². The van der Waals surface area contributed by atoms with Crippen molar-refractivity contribution in [1.82, 2.24) is 0 Å². The number of carbonyl (C=O) groups is 2. The van der Waals surface area contributed by atoms with E-state index in [0.717, 1.165) is 32.1 Å². The minimum Gasteiger partial charge on any atom is -0.465 e. The van der Waals surface area contributed by atoms with Crippen LogP contribution in [0.4, 0.5) is 0 Å². The lowest BCUT2D eigenvalue weighted by Crippen LogP contribution is -2.18. The Morgan fingerprint density at radius 1 is 0.306 bits per heavy atom. The van der Waals surface area contributed by atoms with Crippen molar-refractivity contribution in [3.05, 3.63) is 0 Å². The molecule has 0 radical (unpaired) electrons. The highest BCUT2D eigenvalue weighted by molar-refractivity contribution is 5.72. The molecule has 4 heteroatoms. The molecule has 0 aromatic carbocycles. The fourth-order valence-corrected chi connectivity index (χ4v) is 8.90. The maximum Gasteiger partial charge on any atom is 0.308 e. The molecule has 0 aliphatic carbocycles. The highest BCUT2D eigenvalue weighted by Crippen LogP contribution is 2.21. The van der Waals surface area contributed by atoms with Crippen molar-refractivity contribution in [2.45, 2.75) is 337 Å². The van der Waals surface area contributed by atoms with Crippen molar-refractivity contribution in [2.75, 3.05) is 13.2 Å². The van der Waals surface area contributed by atoms with Gasteiger partial charge in [-0.1, -0.05) is 292 Å². The number of rotatable bonds is 50. The summed E-state index contributed by atoms with van der Waals surface area (Å²) < 4.78 is 11.2. The molecule has 0 heterocycles. The fraction of sp³-hybridized carbons (Fsp3) is 0.966. The Hall–Kier alpha value is -1.06. The highest BCUT2D eigenvalue weighted by atomic mass is 16.5. The standard InChI is InChI=1S/C30H60O2.C28H56O2/c1-4-7-10-12-13-14-15-16-17-18-19-20-21-22-24-27-30(31)32-28-29(25-9-6-3)26-23-11-8-5-2;1-4-7-9-11-12-13-14-15-16-17-18-19-20-22-25-27(24-6-3)28(29)30-26-23-21-10-8-5-2/h29H,4-28H2,1-3H3;27H,4-26H2,1-3H3. The molecule has 4 nitrogen and oxygen atoms in total. The van der Waals surface area contributed by atoms with Gasteiger partial charge in [0, 0.05) is 6.42 Å². The van der Waals surface area contributed by atoms with Gasteiger partial charge in [-0.3, -0.25) is 9.59 Å². The molecule has 0 fully saturated rings. The summed E-state index contributed by atoms with van der Waals surface area (Å²) in [4.78, 5) is 24.5. The van der Waals surface area contributed by atoms with Crippen molar-refractivity contribution < 1.29 is 19.1 Å². The Bertz CT molecular complexity index is 841. The van der Waals surface area contributed by atoms with Gasteiger partial charge in [-0.15, -0.1) is 0 Å². The summed E-state index contributed by atoms with van der Waals surface area (Å²) >= 11 is 0. The van der Waals surface area contributed by atoms with Gasteiger partial charge in [-0.05, 0) is 44.4 Å². The summed E-state index contributed by atoms with van der Waals surface area (Å²) in [5, 5.41) is 0. The van der Waals surface area contributed by atoms with Gasteiger partial charge in [0.2, 0.25) is 0 Å². The molecule has 0 aromatic heterocycles. The van der Waals surface area contributed by atoms with Crippen LogP contribution in [0.3, 0.4) is 0 Å². The van der Waals surface area contributed by atoms with Gasteiger partial charge in [0.15, 0.2) is 0 Å². The SMILES string of the molecule is CCCCCCCCCCCCCCCCC(CCC)C(=O)OCCCCCCC.CCCCCCCCCCCCCCCCCC(=O)OCC(CCCC)CCCCCC. The van der Waals surface area contributed by atoms with E-state index < -0.39 is 0 Å². The molecular formula is C58H116O4. The minimum atomic E-state index is 0.0368. The third-order valence-electron chi connectivity index (χ3n) is 13.3. The lowest BCUT2D eigenvalue weighted by Gasteiger charge is -2.16. The number of hydrogen-bond acceptors (Lipinski definition) is 4. The number of unbranched alkanes of at least 4 members (excludes halogenated alkanes) is 35. The second kappa shape index (κ2) is 56.1. The number of ether oxygens (including phenoxy) is 2. The van der Waals surface area contributed by atoms with Crippen molar-refractivity contribution >= 4 is 11.9 Å². The van der Waals surface area contributed by atoms with E-state index in [1.54, 1.807) is 0 Å². The molecule has 0 saturated carbocycles. The van der Waals surface area contributed by atoms with Crippen LogP contribution in [0.5, 0.6) is 0 Å². The zero-order chi connectivity index (χ0) is 45.7. The third-order valence-corrected chi connectivity index (χ3v) is 13.3. The zero-order valence-electron chi connectivity index (χ0n) is 43.7. The first kappa shape index (κ1) is 63.0. The average molecular weight is 878 g/mol.